The summed E-state index contributed by atoms with van der Waals surface area (Å²) in [6, 6.07) is 10.7. The Hall–Kier alpha value is -2.82. The molecule has 1 atom stereocenters. The molecule has 0 radical (unpaired) electrons. The zero-order chi connectivity index (χ0) is 18.8. The number of imide groups is 1. The van der Waals surface area contributed by atoms with E-state index in [1.807, 2.05) is 33.8 Å². The Labute approximate surface area is 154 Å². The largest absolute Gasteiger partial charge is 0.492 e. The molecule has 1 N–H and O–H groups in total. The summed E-state index contributed by atoms with van der Waals surface area (Å²) >= 11 is 0. The Balaban J connectivity index is 1.89. The summed E-state index contributed by atoms with van der Waals surface area (Å²) in [5.41, 5.74) is 4.73. The highest BCUT2D eigenvalue weighted by molar-refractivity contribution is 6.23. The third-order valence-electron chi connectivity index (χ3n) is 4.55. The van der Waals surface area contributed by atoms with E-state index in [-0.39, 0.29) is 18.2 Å². The zero-order valence-corrected chi connectivity index (χ0v) is 15.6. The summed E-state index contributed by atoms with van der Waals surface area (Å²) in [7, 11) is 0. The van der Waals surface area contributed by atoms with Crippen LogP contribution in [0.2, 0.25) is 0 Å². The van der Waals surface area contributed by atoms with Crippen LogP contribution in [-0.2, 0) is 9.59 Å². The van der Waals surface area contributed by atoms with Crippen LogP contribution >= 0.6 is 0 Å². The molecule has 0 aliphatic carbocycles. The van der Waals surface area contributed by atoms with Crippen LogP contribution in [0.4, 0.5) is 11.4 Å². The Morgan fingerprint density at radius 2 is 1.77 bits per heavy atom. The normalized spacial score (nSPS) is 16.9. The van der Waals surface area contributed by atoms with Crippen LogP contribution in [0.1, 0.15) is 30.0 Å². The van der Waals surface area contributed by atoms with Gasteiger partial charge in [0.2, 0.25) is 5.91 Å². The molecule has 1 fully saturated rings. The highest BCUT2D eigenvalue weighted by atomic mass is 16.5. The van der Waals surface area contributed by atoms with Gasteiger partial charge in [0.25, 0.3) is 5.91 Å². The number of hydrogen-bond donors (Lipinski definition) is 1. The van der Waals surface area contributed by atoms with Crippen LogP contribution in [0, 0.1) is 20.8 Å². The molecule has 1 aliphatic rings. The van der Waals surface area contributed by atoms with E-state index in [9.17, 15) is 9.59 Å². The molecule has 1 aliphatic heterocycles. The maximum absolute atomic E-state index is 13.0. The van der Waals surface area contributed by atoms with Crippen molar-refractivity contribution in [3.05, 3.63) is 53.1 Å². The number of ether oxygens (including phenoxy) is 1. The fourth-order valence-electron chi connectivity index (χ4n) is 3.50. The van der Waals surface area contributed by atoms with Gasteiger partial charge < -0.3 is 10.1 Å². The van der Waals surface area contributed by atoms with Crippen molar-refractivity contribution in [1.82, 2.24) is 0 Å². The van der Waals surface area contributed by atoms with E-state index in [0.29, 0.717) is 18.0 Å². The summed E-state index contributed by atoms with van der Waals surface area (Å²) in [5, 5.41) is 3.28. The summed E-state index contributed by atoms with van der Waals surface area (Å²) in [6.45, 7) is 8.40. The van der Waals surface area contributed by atoms with Gasteiger partial charge in [-0.2, -0.15) is 0 Å². The number of carbonyl (C=O) groups is 2. The van der Waals surface area contributed by atoms with E-state index in [4.69, 9.17) is 4.74 Å². The topological polar surface area (TPSA) is 58.6 Å². The summed E-state index contributed by atoms with van der Waals surface area (Å²) in [5.74, 6) is 0.0728. The molecule has 2 aromatic rings. The van der Waals surface area contributed by atoms with Crippen molar-refractivity contribution in [3.63, 3.8) is 0 Å². The third-order valence-corrected chi connectivity index (χ3v) is 4.55. The number of rotatable bonds is 5. The van der Waals surface area contributed by atoms with Crippen LogP contribution in [-0.4, -0.2) is 24.5 Å². The van der Waals surface area contributed by atoms with E-state index in [1.54, 1.807) is 18.2 Å². The molecule has 0 spiro atoms. The smallest absolute Gasteiger partial charge is 0.256 e. The average Bonchev–Trinajstić information content (AvgIpc) is 2.86. The summed E-state index contributed by atoms with van der Waals surface area (Å²) in [4.78, 5) is 26.8. The highest BCUT2D eigenvalue weighted by Crippen LogP contribution is 2.33. The maximum atomic E-state index is 13.0. The van der Waals surface area contributed by atoms with Gasteiger partial charge in [0, 0.05) is 5.69 Å². The third kappa shape index (κ3) is 3.29. The van der Waals surface area contributed by atoms with Crippen molar-refractivity contribution in [2.75, 3.05) is 16.8 Å². The van der Waals surface area contributed by atoms with Crippen LogP contribution in [0.5, 0.6) is 5.75 Å². The molecule has 1 heterocycles. The van der Waals surface area contributed by atoms with Crippen LogP contribution in [0.25, 0.3) is 0 Å². The number of nitrogens with one attached hydrogen (secondary N) is 1. The summed E-state index contributed by atoms with van der Waals surface area (Å²) in [6.07, 6.45) is 0.131. The predicted octanol–water partition coefficient (Wildman–Crippen LogP) is 3.75. The molecule has 2 aromatic carbocycles. The van der Waals surface area contributed by atoms with Crippen molar-refractivity contribution in [3.8, 4) is 5.75 Å². The molecule has 2 amide bonds. The lowest BCUT2D eigenvalue weighted by Crippen LogP contribution is -2.35. The Morgan fingerprint density at radius 3 is 2.42 bits per heavy atom. The molecule has 0 saturated carbocycles. The second kappa shape index (κ2) is 7.20. The first-order chi connectivity index (χ1) is 12.4. The minimum absolute atomic E-state index is 0.131. The quantitative estimate of drug-likeness (QED) is 0.833. The van der Waals surface area contributed by atoms with E-state index in [0.717, 1.165) is 16.8 Å². The second-order valence-electron chi connectivity index (χ2n) is 6.64. The van der Waals surface area contributed by atoms with E-state index < -0.39 is 6.04 Å². The minimum atomic E-state index is -0.572. The number of anilines is 2. The SMILES string of the molecule is CCOc1ccccc1N1C(=O)C[C@@H](Nc2c(C)cc(C)cc2C)C1=O. The molecule has 0 bridgehead atoms. The van der Waals surface area contributed by atoms with Crippen molar-refractivity contribution < 1.29 is 14.3 Å². The standard InChI is InChI=1S/C21H24N2O3/c1-5-26-18-9-7-6-8-17(18)23-19(24)12-16(21(23)25)22-20-14(3)10-13(2)11-15(20)4/h6-11,16,22H,5,12H2,1-4H3/t16-/m1/s1. The Bertz CT molecular complexity index is 837. The lowest BCUT2D eigenvalue weighted by Gasteiger charge is -2.20. The lowest BCUT2D eigenvalue weighted by atomic mass is 10.0. The van der Waals surface area contributed by atoms with Gasteiger partial charge >= 0.3 is 0 Å². The van der Waals surface area contributed by atoms with Gasteiger partial charge in [-0.15, -0.1) is 0 Å². The summed E-state index contributed by atoms with van der Waals surface area (Å²) < 4.78 is 5.58. The number of benzene rings is 2. The molecule has 0 unspecified atom stereocenters. The van der Waals surface area contributed by atoms with E-state index in [2.05, 4.69) is 17.4 Å². The average molecular weight is 352 g/mol. The molecule has 0 aromatic heterocycles. The van der Waals surface area contributed by atoms with Gasteiger partial charge in [-0.05, 0) is 51.0 Å². The number of amides is 2. The van der Waals surface area contributed by atoms with Gasteiger partial charge in [0.05, 0.1) is 18.7 Å². The van der Waals surface area contributed by atoms with Gasteiger partial charge in [-0.25, -0.2) is 4.90 Å². The van der Waals surface area contributed by atoms with Gasteiger partial charge in [0.15, 0.2) is 0 Å². The fraction of sp³-hybridized carbons (Fsp3) is 0.333. The second-order valence-corrected chi connectivity index (χ2v) is 6.64. The van der Waals surface area contributed by atoms with Crippen LogP contribution in [0.15, 0.2) is 36.4 Å². The fourth-order valence-corrected chi connectivity index (χ4v) is 3.50. The zero-order valence-electron chi connectivity index (χ0n) is 15.6. The number of nitrogens with zero attached hydrogens (tertiary/aromatic N) is 1. The van der Waals surface area contributed by atoms with Gasteiger partial charge in [0.1, 0.15) is 11.8 Å². The number of hydrogen-bond acceptors (Lipinski definition) is 4. The first-order valence-electron chi connectivity index (χ1n) is 8.85. The number of aryl methyl sites for hydroxylation is 3. The number of carbonyl (C=O) groups excluding carboxylic acids is 2. The predicted molar refractivity (Wildman–Crippen MR) is 103 cm³/mol. The lowest BCUT2D eigenvalue weighted by molar-refractivity contribution is -0.121. The Kier molecular flexibility index (Phi) is 4.98. The monoisotopic (exact) mass is 352 g/mol. The Morgan fingerprint density at radius 1 is 1.12 bits per heavy atom. The van der Waals surface area contributed by atoms with E-state index >= 15 is 0 Å². The van der Waals surface area contributed by atoms with Crippen molar-refractivity contribution in [1.29, 1.82) is 0 Å². The molecular formula is C21H24N2O3. The van der Waals surface area contributed by atoms with Crippen molar-refractivity contribution >= 4 is 23.2 Å². The van der Waals surface area contributed by atoms with E-state index in [1.165, 1.54) is 10.5 Å². The molecule has 3 rings (SSSR count). The minimum Gasteiger partial charge on any atom is -0.492 e. The maximum Gasteiger partial charge on any atom is 0.256 e. The molecule has 5 nitrogen and oxygen atoms in total. The molecule has 1 saturated heterocycles. The van der Waals surface area contributed by atoms with Crippen molar-refractivity contribution in [2.24, 2.45) is 0 Å². The van der Waals surface area contributed by atoms with Crippen molar-refractivity contribution in [2.45, 2.75) is 40.2 Å². The van der Waals surface area contributed by atoms with Gasteiger partial charge in [-0.1, -0.05) is 29.8 Å². The number of para-hydroxylation sites is 2. The molecule has 26 heavy (non-hydrogen) atoms. The van der Waals surface area contributed by atoms with Crippen LogP contribution in [0.3, 0.4) is 0 Å². The van der Waals surface area contributed by atoms with Crippen LogP contribution < -0.4 is 15.0 Å². The molecule has 5 heteroatoms. The first kappa shape index (κ1) is 18.0. The first-order valence-corrected chi connectivity index (χ1v) is 8.85. The highest BCUT2D eigenvalue weighted by Gasteiger charge is 2.41. The molecular weight excluding hydrogens is 328 g/mol. The van der Waals surface area contributed by atoms with Gasteiger partial charge in [-0.3, -0.25) is 9.59 Å². The molecule has 136 valence electrons.